The molecule has 1 N–H and O–H groups in total. The molecule has 3 aliphatic heterocycles. The number of carbonyl (C=O) groups is 1. The smallest absolute Gasteiger partial charge is 0.309 e. The molecule has 0 spiro atoms. The Hall–Kier alpha value is -0.920. The van der Waals surface area contributed by atoms with Gasteiger partial charge in [-0.25, -0.2) is 0 Å². The van der Waals surface area contributed by atoms with E-state index in [1.165, 1.54) is 14.0 Å². The van der Waals surface area contributed by atoms with E-state index in [0.29, 0.717) is 13.2 Å². The van der Waals surface area contributed by atoms with E-state index in [0.717, 1.165) is 8.72 Å². The van der Waals surface area contributed by atoms with E-state index in [9.17, 15) is 30.0 Å². The van der Waals surface area contributed by atoms with Crippen LogP contribution >= 0.6 is 0 Å². The fraction of sp³-hybridized carbons (Fsp3) is 0.909. The first kappa shape index (κ1) is 21.8. The molecule has 0 saturated carbocycles. The molecule has 0 radical (unpaired) electrons. The first-order valence-electron chi connectivity index (χ1n) is 8.35. The van der Waals surface area contributed by atoms with Crippen LogP contribution in [0.2, 0.25) is 0 Å². The molecule has 3 saturated heterocycles. The van der Waals surface area contributed by atoms with Crippen LogP contribution in [-0.4, -0.2) is 106 Å². The monoisotopic (exact) mass is 462 g/mol. The van der Waals surface area contributed by atoms with Gasteiger partial charge in [-0.15, -0.1) is 17.7 Å². The van der Waals surface area contributed by atoms with E-state index in [1.54, 1.807) is 0 Å². The Labute approximate surface area is 164 Å². The number of carbonyl (C=O) groups excluding carboxylic acids is 1. The Morgan fingerprint density at radius 2 is 1.50 bits per heavy atom. The van der Waals surface area contributed by atoms with Gasteiger partial charge in [-0.05, 0) is 6.42 Å². The Bertz CT molecular complexity index is 951. The molecule has 17 heteroatoms. The molecule has 3 heterocycles. The van der Waals surface area contributed by atoms with E-state index in [1.807, 2.05) is 0 Å². The SMILES string of the molecule is CC(=O)OCC1CN(N2CCCN(N3CCN(C)S3(=O)=O)S2(=O)=O)S(=O)(=O)N1. The van der Waals surface area contributed by atoms with Gasteiger partial charge in [0.2, 0.25) is 0 Å². The lowest BCUT2D eigenvalue weighted by Gasteiger charge is -2.40. The van der Waals surface area contributed by atoms with Crippen molar-refractivity contribution >= 4 is 36.6 Å². The van der Waals surface area contributed by atoms with Crippen LogP contribution in [0.15, 0.2) is 0 Å². The van der Waals surface area contributed by atoms with E-state index in [4.69, 9.17) is 4.74 Å². The fourth-order valence-corrected chi connectivity index (χ4v) is 8.30. The molecule has 1 unspecified atom stereocenters. The number of ether oxygens (including phenoxy) is 1. The second-order valence-corrected chi connectivity index (χ2v) is 11.7. The Balaban J connectivity index is 1.85. The summed E-state index contributed by atoms with van der Waals surface area (Å²) in [5.41, 5.74) is 0. The van der Waals surface area contributed by atoms with Crippen LogP contribution in [0.25, 0.3) is 0 Å². The van der Waals surface area contributed by atoms with Crippen LogP contribution in [0.1, 0.15) is 13.3 Å². The summed E-state index contributed by atoms with van der Waals surface area (Å²) >= 11 is 0. The predicted octanol–water partition coefficient (Wildman–Crippen LogP) is -3.36. The summed E-state index contributed by atoms with van der Waals surface area (Å²) in [6.07, 6.45) is 0.218. The molecular weight excluding hydrogens is 440 g/mol. The van der Waals surface area contributed by atoms with Crippen LogP contribution in [0.4, 0.5) is 0 Å². The molecule has 28 heavy (non-hydrogen) atoms. The second kappa shape index (κ2) is 7.40. The van der Waals surface area contributed by atoms with E-state index >= 15 is 0 Å². The molecule has 14 nitrogen and oxygen atoms in total. The topological polar surface area (TPSA) is 157 Å². The third kappa shape index (κ3) is 3.77. The molecule has 3 rings (SSSR count). The van der Waals surface area contributed by atoms with Gasteiger partial charge in [0.15, 0.2) is 0 Å². The highest BCUT2D eigenvalue weighted by molar-refractivity contribution is 7.91. The summed E-state index contributed by atoms with van der Waals surface area (Å²) in [4.78, 5) is 10.9. The molecule has 0 amide bonds. The van der Waals surface area contributed by atoms with Crippen molar-refractivity contribution in [3.05, 3.63) is 0 Å². The highest BCUT2D eigenvalue weighted by Gasteiger charge is 2.51. The van der Waals surface area contributed by atoms with Crippen molar-refractivity contribution in [3.8, 4) is 0 Å². The van der Waals surface area contributed by atoms with Crippen molar-refractivity contribution in [2.75, 3.05) is 46.4 Å². The summed E-state index contributed by atoms with van der Waals surface area (Å²) in [6, 6.07) is -0.832. The minimum atomic E-state index is -4.47. The molecule has 0 bridgehead atoms. The van der Waals surface area contributed by atoms with Crippen molar-refractivity contribution in [3.63, 3.8) is 0 Å². The number of esters is 1. The first-order valence-corrected chi connectivity index (χ1v) is 12.6. The van der Waals surface area contributed by atoms with Gasteiger partial charge in [-0.1, -0.05) is 0 Å². The molecule has 162 valence electrons. The van der Waals surface area contributed by atoms with Crippen LogP contribution in [0.5, 0.6) is 0 Å². The van der Waals surface area contributed by atoms with Crippen LogP contribution in [0, 0.1) is 0 Å². The number of rotatable bonds is 4. The molecule has 1 atom stereocenters. The number of hydrogen-bond donors (Lipinski definition) is 1. The summed E-state index contributed by atoms with van der Waals surface area (Å²) in [6.45, 7) is 0.452. The largest absolute Gasteiger partial charge is 0.464 e. The highest BCUT2D eigenvalue weighted by Crippen LogP contribution is 2.28. The minimum Gasteiger partial charge on any atom is -0.464 e. The molecule has 0 aromatic carbocycles. The number of nitrogens with one attached hydrogen (secondary N) is 1. The highest BCUT2D eigenvalue weighted by atomic mass is 32.2. The van der Waals surface area contributed by atoms with Gasteiger partial charge in [-0.3, -0.25) is 4.79 Å². The minimum absolute atomic E-state index is 0.0635. The zero-order chi connectivity index (χ0) is 20.9. The van der Waals surface area contributed by atoms with Crippen LogP contribution in [-0.2, 0) is 40.2 Å². The van der Waals surface area contributed by atoms with Crippen molar-refractivity contribution in [2.24, 2.45) is 0 Å². The van der Waals surface area contributed by atoms with Crippen molar-refractivity contribution in [1.82, 2.24) is 26.7 Å². The normalized spacial score (nSPS) is 31.9. The average Bonchev–Trinajstić information content (AvgIpc) is 3.01. The quantitative estimate of drug-likeness (QED) is 0.425. The number of nitrogens with zero attached hydrogens (tertiary/aromatic N) is 5. The zero-order valence-corrected chi connectivity index (χ0v) is 17.7. The van der Waals surface area contributed by atoms with Crippen molar-refractivity contribution in [1.29, 1.82) is 0 Å². The van der Waals surface area contributed by atoms with Crippen molar-refractivity contribution < 1.29 is 34.8 Å². The third-order valence-corrected chi connectivity index (χ3v) is 9.90. The molecule has 0 aliphatic carbocycles. The Morgan fingerprint density at radius 1 is 0.929 bits per heavy atom. The summed E-state index contributed by atoms with van der Waals surface area (Å²) in [7, 11) is -11.3. The lowest BCUT2D eigenvalue weighted by molar-refractivity contribution is -0.141. The van der Waals surface area contributed by atoms with Crippen LogP contribution in [0.3, 0.4) is 0 Å². The molecular formula is C11H22N6O8S3. The average molecular weight is 463 g/mol. The maximum absolute atomic E-state index is 13.1. The number of hydrogen-bond acceptors (Lipinski definition) is 8. The summed E-state index contributed by atoms with van der Waals surface area (Å²) < 4.78 is 86.4. The predicted molar refractivity (Wildman–Crippen MR) is 94.4 cm³/mol. The van der Waals surface area contributed by atoms with Gasteiger partial charge in [0.1, 0.15) is 6.61 Å². The van der Waals surface area contributed by atoms with Gasteiger partial charge >= 0.3 is 16.2 Å². The maximum Gasteiger partial charge on any atom is 0.309 e. The number of hydrazine groups is 2. The molecule has 3 aliphatic rings. The standard InChI is InChI=1S/C11H22N6O8S3/c1-10(18)25-9-11-8-17(26(19,20)12-11)15-5-3-4-14(28(15,23)24)16-7-6-13(2)27(16,21)22/h11-12H,3-9H2,1-2H3. The third-order valence-electron chi connectivity index (χ3n) is 4.45. The van der Waals surface area contributed by atoms with Crippen LogP contribution < -0.4 is 4.72 Å². The molecule has 3 fully saturated rings. The maximum atomic E-state index is 13.1. The Morgan fingerprint density at radius 3 is 2.04 bits per heavy atom. The van der Waals surface area contributed by atoms with Gasteiger partial charge in [-0.2, -0.15) is 34.3 Å². The lowest BCUT2D eigenvalue weighted by atomic mass is 10.3. The number of likely N-dealkylation sites (N-methyl/N-ethyl adjacent to an activating group) is 1. The molecule has 0 aromatic rings. The first-order chi connectivity index (χ1) is 12.9. The summed E-state index contributed by atoms with van der Waals surface area (Å²) in [5.74, 6) is -0.599. The fourth-order valence-electron chi connectivity index (χ4n) is 3.09. The van der Waals surface area contributed by atoms with E-state index in [2.05, 4.69) is 4.72 Å². The van der Waals surface area contributed by atoms with Gasteiger partial charge in [0, 0.05) is 40.2 Å². The van der Waals surface area contributed by atoms with Gasteiger partial charge in [0.25, 0.3) is 20.4 Å². The zero-order valence-electron chi connectivity index (χ0n) is 15.3. The summed E-state index contributed by atoms with van der Waals surface area (Å²) in [5, 5.41) is 0. The van der Waals surface area contributed by atoms with E-state index < -0.39 is 42.6 Å². The second-order valence-electron chi connectivity index (χ2n) is 6.46. The van der Waals surface area contributed by atoms with Gasteiger partial charge in [0.05, 0.1) is 12.6 Å². The van der Waals surface area contributed by atoms with Crippen molar-refractivity contribution in [2.45, 2.75) is 19.4 Å². The van der Waals surface area contributed by atoms with Gasteiger partial charge < -0.3 is 4.74 Å². The lowest BCUT2D eigenvalue weighted by Crippen LogP contribution is -2.62. The van der Waals surface area contributed by atoms with E-state index in [-0.39, 0.29) is 45.8 Å². The Kier molecular flexibility index (Phi) is 5.76. The molecule has 0 aromatic heterocycles.